The smallest absolute Gasteiger partial charge is 0.183 e. The highest BCUT2D eigenvalue weighted by Crippen LogP contribution is 2.25. The Labute approximate surface area is 183 Å². The summed E-state index contributed by atoms with van der Waals surface area (Å²) in [6.07, 6.45) is -2.59. The minimum atomic E-state index is -1.08. The van der Waals surface area contributed by atoms with Gasteiger partial charge in [-0.15, -0.1) is 0 Å². The summed E-state index contributed by atoms with van der Waals surface area (Å²) in [5.74, 6) is 0. The molecule has 1 N–H and O–H groups in total. The molecule has 1 aliphatic heterocycles. The van der Waals surface area contributed by atoms with Crippen molar-refractivity contribution in [2.24, 2.45) is 0 Å². The highest BCUT2D eigenvalue weighted by atomic mass is 16.7. The Hall–Kier alpha value is -2.54. The first-order valence-corrected chi connectivity index (χ1v) is 10.6. The molecule has 1 fully saturated rings. The van der Waals surface area contributed by atoms with Crippen LogP contribution in [0.2, 0.25) is 0 Å². The molecular weight excluding hydrogens is 392 g/mol. The Morgan fingerprint density at radius 1 is 0.613 bits per heavy atom. The van der Waals surface area contributed by atoms with Gasteiger partial charge in [0.25, 0.3) is 0 Å². The van der Waals surface area contributed by atoms with E-state index in [1.807, 2.05) is 91.0 Å². The molecule has 0 amide bonds. The lowest BCUT2D eigenvalue weighted by atomic mass is 10.0. The molecule has 0 radical (unpaired) electrons. The number of benzene rings is 3. The van der Waals surface area contributed by atoms with Gasteiger partial charge in [-0.3, -0.25) is 0 Å². The fraction of sp³-hybridized carbons (Fsp3) is 0.308. The molecule has 4 rings (SSSR count). The molecule has 1 heterocycles. The number of hydrogen-bond donors (Lipinski definition) is 1. The van der Waals surface area contributed by atoms with Gasteiger partial charge in [0.05, 0.1) is 26.4 Å². The molecular formula is C26H28O5. The van der Waals surface area contributed by atoms with Gasteiger partial charge in [0, 0.05) is 0 Å². The topological polar surface area (TPSA) is 57.2 Å². The molecule has 4 atom stereocenters. The molecule has 1 unspecified atom stereocenters. The van der Waals surface area contributed by atoms with Crippen LogP contribution in [-0.2, 0) is 38.8 Å². The average molecular weight is 421 g/mol. The van der Waals surface area contributed by atoms with Crippen LogP contribution in [0, 0.1) is 0 Å². The quantitative estimate of drug-likeness (QED) is 0.565. The Bertz CT molecular complexity index is 887. The van der Waals surface area contributed by atoms with E-state index in [4.69, 9.17) is 18.9 Å². The third-order valence-corrected chi connectivity index (χ3v) is 5.28. The minimum absolute atomic E-state index is 0.235. The largest absolute Gasteiger partial charge is 0.368 e. The summed E-state index contributed by atoms with van der Waals surface area (Å²) in [5.41, 5.74) is 3.13. The molecule has 5 nitrogen and oxygen atoms in total. The highest BCUT2D eigenvalue weighted by Gasteiger charge is 2.42. The number of aliphatic hydroxyl groups is 1. The van der Waals surface area contributed by atoms with Crippen molar-refractivity contribution in [3.8, 4) is 0 Å². The summed E-state index contributed by atoms with van der Waals surface area (Å²) < 4.78 is 24.1. The van der Waals surface area contributed by atoms with E-state index in [1.54, 1.807) is 0 Å². The summed E-state index contributed by atoms with van der Waals surface area (Å²) in [6.45, 7) is 1.41. The summed E-state index contributed by atoms with van der Waals surface area (Å²) in [6, 6.07) is 29.8. The summed E-state index contributed by atoms with van der Waals surface area (Å²) >= 11 is 0. The van der Waals surface area contributed by atoms with Crippen molar-refractivity contribution >= 4 is 0 Å². The molecule has 0 spiro atoms. The van der Waals surface area contributed by atoms with Gasteiger partial charge in [-0.05, 0) is 16.7 Å². The zero-order chi connectivity index (χ0) is 21.3. The first-order valence-electron chi connectivity index (χ1n) is 10.6. The molecule has 3 aromatic carbocycles. The second-order valence-electron chi connectivity index (χ2n) is 7.58. The van der Waals surface area contributed by atoms with Crippen molar-refractivity contribution in [3.63, 3.8) is 0 Å². The van der Waals surface area contributed by atoms with Crippen LogP contribution in [0.3, 0.4) is 0 Å². The summed E-state index contributed by atoms with van der Waals surface area (Å²) in [5, 5.41) is 10.5. The highest BCUT2D eigenvalue weighted by molar-refractivity contribution is 5.15. The third-order valence-electron chi connectivity index (χ3n) is 5.28. The van der Waals surface area contributed by atoms with Crippen molar-refractivity contribution in [1.82, 2.24) is 0 Å². The van der Waals surface area contributed by atoms with Crippen molar-refractivity contribution in [3.05, 3.63) is 108 Å². The predicted molar refractivity (Wildman–Crippen MR) is 117 cm³/mol. The Morgan fingerprint density at radius 3 is 1.52 bits per heavy atom. The first kappa shape index (κ1) is 21.7. The zero-order valence-electron chi connectivity index (χ0n) is 17.4. The van der Waals surface area contributed by atoms with E-state index in [9.17, 15) is 5.11 Å². The van der Waals surface area contributed by atoms with E-state index in [0.717, 1.165) is 16.7 Å². The molecule has 162 valence electrons. The van der Waals surface area contributed by atoms with Crippen LogP contribution in [0.5, 0.6) is 0 Å². The van der Waals surface area contributed by atoms with Crippen LogP contribution in [0.4, 0.5) is 0 Å². The second-order valence-corrected chi connectivity index (χ2v) is 7.58. The molecule has 0 bridgehead atoms. The van der Waals surface area contributed by atoms with Gasteiger partial charge in [-0.1, -0.05) is 91.0 Å². The van der Waals surface area contributed by atoms with Crippen molar-refractivity contribution in [1.29, 1.82) is 0 Å². The molecule has 1 aliphatic rings. The van der Waals surface area contributed by atoms with Gasteiger partial charge in [-0.2, -0.15) is 0 Å². The first-order chi connectivity index (χ1) is 15.3. The van der Waals surface area contributed by atoms with E-state index < -0.39 is 18.5 Å². The van der Waals surface area contributed by atoms with Crippen molar-refractivity contribution < 1.29 is 24.1 Å². The lowest BCUT2D eigenvalue weighted by Gasteiger charge is -2.40. The summed E-state index contributed by atoms with van der Waals surface area (Å²) in [4.78, 5) is 0. The maximum Gasteiger partial charge on any atom is 0.183 e. The van der Waals surface area contributed by atoms with Gasteiger partial charge in [0.15, 0.2) is 6.29 Å². The van der Waals surface area contributed by atoms with Crippen LogP contribution in [0.1, 0.15) is 16.7 Å². The molecule has 0 saturated carbocycles. The van der Waals surface area contributed by atoms with Crippen molar-refractivity contribution in [2.45, 2.75) is 44.4 Å². The lowest BCUT2D eigenvalue weighted by Crippen LogP contribution is -2.56. The maximum absolute atomic E-state index is 10.5. The van der Waals surface area contributed by atoms with E-state index in [0.29, 0.717) is 19.8 Å². The van der Waals surface area contributed by atoms with Gasteiger partial charge >= 0.3 is 0 Å². The van der Waals surface area contributed by atoms with E-state index in [-0.39, 0.29) is 12.7 Å². The van der Waals surface area contributed by atoms with Gasteiger partial charge in [0.2, 0.25) is 0 Å². The Balaban J connectivity index is 1.46. The van der Waals surface area contributed by atoms with Crippen LogP contribution >= 0.6 is 0 Å². The number of aliphatic hydroxyl groups excluding tert-OH is 1. The SMILES string of the molecule is O[C@@H]1OC[C@@H](OCc2ccccc2)[C@H](OCc2ccccc2)C1OCc1ccccc1. The van der Waals surface area contributed by atoms with Gasteiger partial charge in [0.1, 0.15) is 18.3 Å². The lowest BCUT2D eigenvalue weighted by molar-refractivity contribution is -0.286. The second kappa shape index (κ2) is 11.2. The van der Waals surface area contributed by atoms with Crippen LogP contribution < -0.4 is 0 Å². The average Bonchev–Trinajstić information content (AvgIpc) is 2.83. The normalized spacial score (nSPS) is 23.5. The predicted octanol–water partition coefficient (Wildman–Crippen LogP) is 4.09. The Kier molecular flexibility index (Phi) is 7.82. The standard InChI is InChI=1S/C26H28O5/c27-26-25(30-18-22-14-8-3-9-15-22)24(29-17-21-12-6-2-7-13-21)23(19-31-26)28-16-20-10-4-1-5-11-20/h1-15,23-27H,16-19H2/t23-,24+,25?,26-/m1/s1. The zero-order valence-corrected chi connectivity index (χ0v) is 17.4. The molecule has 0 aromatic heterocycles. The Morgan fingerprint density at radius 2 is 1.03 bits per heavy atom. The van der Waals surface area contributed by atoms with Gasteiger partial charge < -0.3 is 24.1 Å². The molecule has 0 aliphatic carbocycles. The van der Waals surface area contributed by atoms with E-state index in [1.165, 1.54) is 0 Å². The molecule has 1 saturated heterocycles. The molecule has 5 heteroatoms. The monoisotopic (exact) mass is 420 g/mol. The number of ether oxygens (including phenoxy) is 4. The number of rotatable bonds is 9. The van der Waals surface area contributed by atoms with Crippen LogP contribution in [0.25, 0.3) is 0 Å². The third kappa shape index (κ3) is 6.23. The number of hydrogen-bond acceptors (Lipinski definition) is 5. The fourth-order valence-corrected chi connectivity index (χ4v) is 3.59. The minimum Gasteiger partial charge on any atom is -0.368 e. The van der Waals surface area contributed by atoms with Crippen molar-refractivity contribution in [2.75, 3.05) is 6.61 Å². The molecule has 3 aromatic rings. The maximum atomic E-state index is 10.5. The van der Waals surface area contributed by atoms with Gasteiger partial charge in [-0.25, -0.2) is 0 Å². The van der Waals surface area contributed by atoms with E-state index >= 15 is 0 Å². The van der Waals surface area contributed by atoms with Crippen LogP contribution in [-0.4, -0.2) is 36.3 Å². The fourth-order valence-electron chi connectivity index (χ4n) is 3.59. The van der Waals surface area contributed by atoms with E-state index in [2.05, 4.69) is 0 Å². The van der Waals surface area contributed by atoms with Crippen LogP contribution in [0.15, 0.2) is 91.0 Å². The summed E-state index contributed by atoms with van der Waals surface area (Å²) in [7, 11) is 0. The molecule has 31 heavy (non-hydrogen) atoms.